The first-order valence-corrected chi connectivity index (χ1v) is 7.98. The number of halogens is 1. The first kappa shape index (κ1) is 22.2. The van der Waals surface area contributed by atoms with E-state index < -0.39 is 11.0 Å². The number of amides is 1. The summed E-state index contributed by atoms with van der Waals surface area (Å²) >= 11 is 0. The molecule has 2 aromatic carbocycles. The first-order valence-electron chi connectivity index (χ1n) is 7.98. The molecule has 0 unspecified atom stereocenters. The SMILES string of the molecule is CN(C)C(=O)Oc1ccc([C@H](N)CCOc2ccc([N+](=O)[O-])cc2)cc1.Cl. The second-order valence-corrected chi connectivity index (χ2v) is 5.83. The largest absolute Gasteiger partial charge is 0.494 e. The molecule has 1 atom stereocenters. The third kappa shape index (κ3) is 6.76. The van der Waals surface area contributed by atoms with Gasteiger partial charge in [0.05, 0.1) is 11.5 Å². The smallest absolute Gasteiger partial charge is 0.414 e. The summed E-state index contributed by atoms with van der Waals surface area (Å²) in [4.78, 5) is 23.0. The molecule has 146 valence electrons. The highest BCUT2D eigenvalue weighted by molar-refractivity contribution is 5.85. The minimum Gasteiger partial charge on any atom is -0.494 e. The third-order valence-corrected chi connectivity index (χ3v) is 3.62. The molecule has 0 bridgehead atoms. The summed E-state index contributed by atoms with van der Waals surface area (Å²) in [5.41, 5.74) is 7.05. The van der Waals surface area contributed by atoms with Crippen LogP contribution in [0.4, 0.5) is 10.5 Å². The van der Waals surface area contributed by atoms with Gasteiger partial charge < -0.3 is 20.1 Å². The van der Waals surface area contributed by atoms with Crippen molar-refractivity contribution in [3.8, 4) is 11.5 Å². The molecule has 0 saturated heterocycles. The molecule has 0 aliphatic carbocycles. The fraction of sp³-hybridized carbons (Fsp3) is 0.278. The van der Waals surface area contributed by atoms with Crippen molar-refractivity contribution in [2.45, 2.75) is 12.5 Å². The van der Waals surface area contributed by atoms with Crippen LogP contribution in [0, 0.1) is 10.1 Å². The molecular formula is C18H22ClN3O5. The number of carbonyl (C=O) groups is 1. The average Bonchev–Trinajstić information content (AvgIpc) is 2.62. The maximum atomic E-state index is 11.5. The Labute approximate surface area is 163 Å². The quantitative estimate of drug-likeness (QED) is 0.567. The Morgan fingerprint density at radius 1 is 1.11 bits per heavy atom. The highest BCUT2D eigenvalue weighted by Crippen LogP contribution is 2.21. The van der Waals surface area contributed by atoms with Crippen LogP contribution in [-0.2, 0) is 0 Å². The molecule has 0 aliphatic heterocycles. The molecule has 0 aromatic heterocycles. The maximum absolute atomic E-state index is 11.5. The van der Waals surface area contributed by atoms with Crippen LogP contribution < -0.4 is 15.2 Å². The lowest BCUT2D eigenvalue weighted by atomic mass is 10.1. The molecule has 1 amide bonds. The molecule has 2 N–H and O–H groups in total. The van der Waals surface area contributed by atoms with Gasteiger partial charge in [-0.25, -0.2) is 4.79 Å². The second kappa shape index (κ2) is 10.3. The van der Waals surface area contributed by atoms with E-state index in [0.717, 1.165) is 5.56 Å². The van der Waals surface area contributed by atoms with Gasteiger partial charge in [0.1, 0.15) is 11.5 Å². The molecule has 2 aromatic rings. The number of nitro groups is 1. The van der Waals surface area contributed by atoms with Crippen LogP contribution in [0.5, 0.6) is 11.5 Å². The lowest BCUT2D eigenvalue weighted by Gasteiger charge is -2.14. The third-order valence-electron chi connectivity index (χ3n) is 3.62. The summed E-state index contributed by atoms with van der Waals surface area (Å²) in [6.45, 7) is 0.371. The topological polar surface area (TPSA) is 108 Å². The molecule has 2 rings (SSSR count). The van der Waals surface area contributed by atoms with E-state index >= 15 is 0 Å². The van der Waals surface area contributed by atoms with Gasteiger partial charge in [-0.3, -0.25) is 10.1 Å². The summed E-state index contributed by atoms with van der Waals surface area (Å²) in [5, 5.41) is 10.6. The first-order chi connectivity index (χ1) is 12.4. The predicted octanol–water partition coefficient (Wildman–Crippen LogP) is 3.55. The average molecular weight is 396 g/mol. The monoisotopic (exact) mass is 395 g/mol. The van der Waals surface area contributed by atoms with Crippen LogP contribution in [0.3, 0.4) is 0 Å². The Morgan fingerprint density at radius 2 is 1.67 bits per heavy atom. The van der Waals surface area contributed by atoms with Crippen molar-refractivity contribution in [2.75, 3.05) is 20.7 Å². The molecule has 0 spiro atoms. The molecule has 0 radical (unpaired) electrons. The fourth-order valence-electron chi connectivity index (χ4n) is 2.11. The minimum atomic E-state index is -0.459. The van der Waals surface area contributed by atoms with Crippen molar-refractivity contribution >= 4 is 24.2 Å². The number of hydrogen-bond acceptors (Lipinski definition) is 6. The summed E-state index contributed by atoms with van der Waals surface area (Å²) in [5.74, 6) is 0.996. The highest BCUT2D eigenvalue weighted by atomic mass is 35.5. The molecule has 9 heteroatoms. The van der Waals surface area contributed by atoms with Crippen molar-refractivity contribution in [2.24, 2.45) is 5.73 Å². The standard InChI is InChI=1S/C18H21N3O5.ClH/c1-20(2)18(22)26-16-7-3-13(4-8-16)17(19)11-12-25-15-9-5-14(6-10-15)21(23)24;/h3-10,17H,11-12,19H2,1-2H3;1H/t17-;/m1./s1. The normalized spacial score (nSPS) is 11.1. The van der Waals surface area contributed by atoms with Crippen molar-refractivity contribution < 1.29 is 19.2 Å². The maximum Gasteiger partial charge on any atom is 0.414 e. The van der Waals surface area contributed by atoms with Crippen LogP contribution in [0.1, 0.15) is 18.0 Å². The number of rotatable bonds is 7. The van der Waals surface area contributed by atoms with Crippen LogP contribution in [-0.4, -0.2) is 36.6 Å². The molecule has 8 nitrogen and oxygen atoms in total. The summed E-state index contributed by atoms with van der Waals surface area (Å²) < 4.78 is 10.7. The van der Waals surface area contributed by atoms with Crippen LogP contribution in [0.2, 0.25) is 0 Å². The number of nitrogens with two attached hydrogens (primary N) is 1. The van der Waals surface area contributed by atoms with E-state index in [9.17, 15) is 14.9 Å². The zero-order chi connectivity index (χ0) is 19.1. The van der Waals surface area contributed by atoms with Gasteiger partial charge in [-0.15, -0.1) is 12.4 Å². The van der Waals surface area contributed by atoms with E-state index in [4.69, 9.17) is 15.2 Å². The van der Waals surface area contributed by atoms with Gasteiger partial charge in [0.15, 0.2) is 0 Å². The van der Waals surface area contributed by atoms with Gasteiger partial charge in [-0.2, -0.15) is 0 Å². The summed E-state index contributed by atoms with van der Waals surface area (Å²) in [6.07, 6.45) is 0.118. The molecule has 0 heterocycles. The van der Waals surface area contributed by atoms with E-state index in [2.05, 4.69) is 0 Å². The lowest BCUT2D eigenvalue weighted by Crippen LogP contribution is -2.25. The summed E-state index contributed by atoms with van der Waals surface area (Å²) in [6, 6.07) is 12.6. The summed E-state index contributed by atoms with van der Waals surface area (Å²) in [7, 11) is 3.22. The predicted molar refractivity (Wildman–Crippen MR) is 104 cm³/mol. The number of ether oxygens (including phenoxy) is 2. The fourth-order valence-corrected chi connectivity index (χ4v) is 2.11. The second-order valence-electron chi connectivity index (χ2n) is 5.83. The Kier molecular flexibility index (Phi) is 8.50. The minimum absolute atomic E-state index is 0. The van der Waals surface area contributed by atoms with Crippen molar-refractivity contribution in [3.05, 3.63) is 64.2 Å². The molecular weight excluding hydrogens is 374 g/mol. The molecule has 0 fully saturated rings. The van der Waals surface area contributed by atoms with Crippen LogP contribution >= 0.6 is 12.4 Å². The van der Waals surface area contributed by atoms with Gasteiger partial charge >= 0.3 is 6.09 Å². The lowest BCUT2D eigenvalue weighted by molar-refractivity contribution is -0.384. The van der Waals surface area contributed by atoms with Crippen molar-refractivity contribution in [3.63, 3.8) is 0 Å². The van der Waals surface area contributed by atoms with E-state index in [1.165, 1.54) is 17.0 Å². The number of carbonyl (C=O) groups excluding carboxylic acids is 1. The van der Waals surface area contributed by atoms with E-state index in [-0.39, 0.29) is 24.1 Å². The van der Waals surface area contributed by atoms with Gasteiger partial charge in [-0.05, 0) is 29.8 Å². The number of non-ortho nitro benzene ring substituents is 1. The van der Waals surface area contributed by atoms with Crippen molar-refractivity contribution in [1.82, 2.24) is 4.90 Å². The van der Waals surface area contributed by atoms with E-state index in [1.807, 2.05) is 0 Å². The highest BCUT2D eigenvalue weighted by Gasteiger charge is 2.10. The molecule has 0 aliphatic rings. The van der Waals surface area contributed by atoms with E-state index in [1.54, 1.807) is 50.5 Å². The Hall–Kier alpha value is -2.84. The van der Waals surface area contributed by atoms with Gasteiger partial charge in [-0.1, -0.05) is 12.1 Å². The number of nitro benzene ring substituents is 1. The van der Waals surface area contributed by atoms with Crippen molar-refractivity contribution in [1.29, 1.82) is 0 Å². The van der Waals surface area contributed by atoms with Gasteiger partial charge in [0, 0.05) is 38.7 Å². The Balaban J connectivity index is 0.00000364. The Morgan fingerprint density at radius 3 is 2.19 bits per heavy atom. The molecule has 27 heavy (non-hydrogen) atoms. The van der Waals surface area contributed by atoms with Crippen LogP contribution in [0.25, 0.3) is 0 Å². The zero-order valence-corrected chi connectivity index (χ0v) is 15.8. The zero-order valence-electron chi connectivity index (χ0n) is 15.0. The molecule has 0 saturated carbocycles. The van der Waals surface area contributed by atoms with E-state index in [0.29, 0.717) is 24.5 Å². The van der Waals surface area contributed by atoms with Crippen LogP contribution in [0.15, 0.2) is 48.5 Å². The van der Waals surface area contributed by atoms with Gasteiger partial charge in [0.25, 0.3) is 5.69 Å². The number of nitrogens with zero attached hydrogens (tertiary/aromatic N) is 2. The number of benzene rings is 2. The number of hydrogen-bond donors (Lipinski definition) is 1. The van der Waals surface area contributed by atoms with Gasteiger partial charge in [0.2, 0.25) is 0 Å². The Bertz CT molecular complexity index is 751.